The fourth-order valence-electron chi connectivity index (χ4n) is 1.64. The molecule has 2 rings (SSSR count). The molecule has 2 aromatic rings. The Morgan fingerprint density at radius 3 is 3.11 bits per heavy atom. The van der Waals surface area contributed by atoms with Crippen LogP contribution in [0, 0.1) is 0 Å². The Hall–Kier alpha value is -2.14. The number of esters is 1. The molecular formula is C13H14N2O3. The summed E-state index contributed by atoms with van der Waals surface area (Å²) in [5.41, 5.74) is 2.15. The van der Waals surface area contributed by atoms with Gasteiger partial charge in [0.25, 0.3) is 0 Å². The van der Waals surface area contributed by atoms with E-state index >= 15 is 0 Å². The summed E-state index contributed by atoms with van der Waals surface area (Å²) in [5.74, 6) is -0.388. The van der Waals surface area contributed by atoms with E-state index in [-0.39, 0.29) is 5.97 Å². The van der Waals surface area contributed by atoms with Crippen LogP contribution in [0.1, 0.15) is 15.9 Å². The fraction of sp³-hybridized carbons (Fsp3) is 0.231. The lowest BCUT2D eigenvalue weighted by atomic mass is 10.2. The number of carbonyl (C=O) groups excluding carboxylic acids is 1. The number of carbonyl (C=O) groups is 1. The Morgan fingerprint density at radius 2 is 2.39 bits per heavy atom. The van der Waals surface area contributed by atoms with Crippen LogP contribution in [0.3, 0.4) is 0 Å². The second-order valence-corrected chi connectivity index (χ2v) is 3.72. The molecule has 0 spiro atoms. The summed E-state index contributed by atoms with van der Waals surface area (Å²) >= 11 is 0. The Labute approximate surface area is 105 Å². The van der Waals surface area contributed by atoms with E-state index in [1.165, 1.54) is 13.3 Å². The number of methoxy groups -OCH3 is 1. The molecule has 94 valence electrons. The third-order valence-electron chi connectivity index (χ3n) is 2.49. The minimum Gasteiger partial charge on any atom is -0.465 e. The molecule has 0 bridgehead atoms. The molecule has 2 aromatic heterocycles. The Bertz CT molecular complexity index is 575. The van der Waals surface area contributed by atoms with E-state index in [2.05, 4.69) is 16.4 Å². The number of hydrogen-bond acceptors (Lipinski definition) is 4. The number of hydrogen-bond donors (Lipinski definition) is 0. The number of rotatable bonds is 5. The zero-order chi connectivity index (χ0) is 13.0. The van der Waals surface area contributed by atoms with E-state index in [1.54, 1.807) is 10.6 Å². The van der Waals surface area contributed by atoms with Crippen LogP contribution < -0.4 is 0 Å². The average molecular weight is 246 g/mol. The predicted octanol–water partition coefficient (Wildman–Crippen LogP) is 1.82. The van der Waals surface area contributed by atoms with Crippen molar-refractivity contribution in [2.24, 2.45) is 0 Å². The summed E-state index contributed by atoms with van der Waals surface area (Å²) in [4.78, 5) is 11.5. The molecule has 2 heterocycles. The van der Waals surface area contributed by atoms with E-state index in [4.69, 9.17) is 4.74 Å². The second kappa shape index (κ2) is 5.46. The van der Waals surface area contributed by atoms with Gasteiger partial charge in [-0.15, -0.1) is 6.58 Å². The third-order valence-corrected chi connectivity index (χ3v) is 2.49. The highest BCUT2D eigenvalue weighted by Crippen LogP contribution is 2.13. The monoisotopic (exact) mass is 246 g/mol. The molecule has 0 aliphatic carbocycles. The number of nitrogens with zero attached hydrogens (tertiary/aromatic N) is 2. The number of pyridine rings is 1. The van der Waals surface area contributed by atoms with Crippen LogP contribution in [-0.2, 0) is 16.1 Å². The summed E-state index contributed by atoms with van der Waals surface area (Å²) in [7, 11) is 1.35. The summed E-state index contributed by atoms with van der Waals surface area (Å²) < 4.78 is 11.7. The lowest BCUT2D eigenvalue weighted by Gasteiger charge is -2.03. The minimum atomic E-state index is -0.388. The minimum absolute atomic E-state index is 0.388. The molecule has 0 atom stereocenters. The van der Waals surface area contributed by atoms with Crippen LogP contribution in [0.25, 0.3) is 5.52 Å². The van der Waals surface area contributed by atoms with Crippen molar-refractivity contribution in [2.75, 3.05) is 13.7 Å². The predicted molar refractivity (Wildman–Crippen MR) is 66.4 cm³/mol. The number of aromatic nitrogens is 2. The lowest BCUT2D eigenvalue weighted by molar-refractivity contribution is 0.0603. The topological polar surface area (TPSA) is 52.8 Å². The molecule has 0 N–H and O–H groups in total. The van der Waals surface area contributed by atoms with Crippen LogP contribution in [0.2, 0.25) is 0 Å². The van der Waals surface area contributed by atoms with Crippen LogP contribution >= 0.6 is 0 Å². The van der Waals surface area contributed by atoms with E-state index in [0.29, 0.717) is 24.3 Å². The first-order chi connectivity index (χ1) is 8.76. The van der Waals surface area contributed by atoms with Crippen molar-refractivity contribution in [2.45, 2.75) is 6.61 Å². The molecule has 0 saturated carbocycles. The van der Waals surface area contributed by atoms with Crippen molar-refractivity contribution in [3.8, 4) is 0 Å². The van der Waals surface area contributed by atoms with Gasteiger partial charge in [-0.05, 0) is 11.6 Å². The van der Waals surface area contributed by atoms with E-state index in [0.717, 1.165) is 5.56 Å². The van der Waals surface area contributed by atoms with Crippen molar-refractivity contribution in [3.05, 3.63) is 48.3 Å². The van der Waals surface area contributed by atoms with Gasteiger partial charge in [-0.25, -0.2) is 9.31 Å². The first-order valence-electron chi connectivity index (χ1n) is 5.49. The van der Waals surface area contributed by atoms with Gasteiger partial charge in [-0.1, -0.05) is 12.1 Å². The molecule has 0 aliphatic rings. The van der Waals surface area contributed by atoms with Crippen molar-refractivity contribution < 1.29 is 14.3 Å². The van der Waals surface area contributed by atoms with Crippen LogP contribution in [0.4, 0.5) is 0 Å². The molecule has 0 unspecified atom stereocenters. The highest BCUT2D eigenvalue weighted by Gasteiger charge is 2.12. The van der Waals surface area contributed by atoms with Crippen LogP contribution in [0.5, 0.6) is 0 Å². The quantitative estimate of drug-likeness (QED) is 0.459. The molecular weight excluding hydrogens is 232 g/mol. The molecule has 0 aromatic carbocycles. The Kier molecular flexibility index (Phi) is 3.74. The van der Waals surface area contributed by atoms with Gasteiger partial charge in [0.1, 0.15) is 5.56 Å². The van der Waals surface area contributed by atoms with Gasteiger partial charge in [0.15, 0.2) is 0 Å². The van der Waals surface area contributed by atoms with Gasteiger partial charge in [-0.2, -0.15) is 5.10 Å². The molecule has 0 fully saturated rings. The molecule has 0 radical (unpaired) electrons. The zero-order valence-electron chi connectivity index (χ0n) is 10.1. The van der Waals surface area contributed by atoms with Crippen molar-refractivity contribution in [3.63, 3.8) is 0 Å². The van der Waals surface area contributed by atoms with E-state index in [9.17, 15) is 4.79 Å². The SMILES string of the molecule is C=CCOCc1ccc2c(C(=O)OC)cnn2c1. The molecule has 5 nitrogen and oxygen atoms in total. The lowest BCUT2D eigenvalue weighted by Crippen LogP contribution is -2.01. The van der Waals surface area contributed by atoms with Crippen molar-refractivity contribution in [1.82, 2.24) is 9.61 Å². The standard InChI is InChI=1S/C13H14N2O3/c1-3-6-18-9-10-4-5-12-11(13(16)17-2)7-14-15(12)8-10/h3-5,7-8H,1,6,9H2,2H3. The smallest absolute Gasteiger partial charge is 0.341 e. The maximum absolute atomic E-state index is 11.5. The largest absolute Gasteiger partial charge is 0.465 e. The molecule has 18 heavy (non-hydrogen) atoms. The summed E-state index contributed by atoms with van der Waals surface area (Å²) in [6.07, 6.45) is 5.02. The van der Waals surface area contributed by atoms with E-state index < -0.39 is 0 Å². The van der Waals surface area contributed by atoms with Crippen LogP contribution in [0.15, 0.2) is 37.2 Å². The maximum atomic E-state index is 11.5. The maximum Gasteiger partial charge on any atom is 0.341 e. The highest BCUT2D eigenvalue weighted by molar-refractivity contribution is 5.96. The number of fused-ring (bicyclic) bond motifs is 1. The summed E-state index contributed by atoms with van der Waals surface area (Å²) in [6.45, 7) is 4.57. The normalized spacial score (nSPS) is 10.5. The number of ether oxygens (including phenoxy) is 2. The zero-order valence-corrected chi connectivity index (χ0v) is 10.1. The second-order valence-electron chi connectivity index (χ2n) is 3.72. The highest BCUT2D eigenvalue weighted by atomic mass is 16.5. The molecule has 5 heteroatoms. The molecule has 0 saturated heterocycles. The first-order valence-corrected chi connectivity index (χ1v) is 5.49. The Balaban J connectivity index is 2.25. The van der Waals surface area contributed by atoms with Gasteiger partial charge in [0.05, 0.1) is 32.0 Å². The fourth-order valence-corrected chi connectivity index (χ4v) is 1.64. The van der Waals surface area contributed by atoms with Crippen molar-refractivity contribution >= 4 is 11.5 Å². The van der Waals surface area contributed by atoms with Gasteiger partial charge < -0.3 is 9.47 Å². The van der Waals surface area contributed by atoms with E-state index in [1.807, 2.05) is 18.3 Å². The van der Waals surface area contributed by atoms with Gasteiger partial charge in [-0.3, -0.25) is 0 Å². The first kappa shape index (κ1) is 12.3. The average Bonchev–Trinajstić information content (AvgIpc) is 2.81. The summed E-state index contributed by atoms with van der Waals surface area (Å²) in [5, 5.41) is 4.12. The van der Waals surface area contributed by atoms with Crippen molar-refractivity contribution in [1.29, 1.82) is 0 Å². The summed E-state index contributed by atoms with van der Waals surface area (Å²) in [6, 6.07) is 3.72. The third kappa shape index (κ3) is 2.41. The molecule has 0 amide bonds. The van der Waals surface area contributed by atoms with Crippen LogP contribution in [-0.4, -0.2) is 29.3 Å². The van der Waals surface area contributed by atoms with Gasteiger partial charge in [0, 0.05) is 6.20 Å². The molecule has 0 aliphatic heterocycles. The van der Waals surface area contributed by atoms with Gasteiger partial charge in [0.2, 0.25) is 0 Å². The van der Waals surface area contributed by atoms with Gasteiger partial charge >= 0.3 is 5.97 Å². The Morgan fingerprint density at radius 1 is 1.56 bits per heavy atom.